The third kappa shape index (κ3) is 5.00. The highest BCUT2D eigenvalue weighted by atomic mass is 14.4. The van der Waals surface area contributed by atoms with Gasteiger partial charge in [-0.05, 0) is 60.2 Å². The van der Waals surface area contributed by atoms with Gasteiger partial charge >= 0.3 is 0 Å². The molecule has 3 saturated carbocycles. The topological polar surface area (TPSA) is 0 Å². The first-order valence-corrected chi connectivity index (χ1v) is 10.2. The first kappa shape index (κ1) is 18.3. The Morgan fingerprint density at radius 1 is 0.500 bits per heavy atom. The average molecular weight is 307 g/mol. The number of rotatable bonds is 0. The van der Waals surface area contributed by atoms with Crippen molar-refractivity contribution in [2.45, 2.75) is 106 Å². The molecule has 0 radical (unpaired) electrons. The molecule has 0 spiro atoms. The van der Waals surface area contributed by atoms with Crippen LogP contribution in [0.2, 0.25) is 0 Å². The second-order valence-corrected chi connectivity index (χ2v) is 10.7. The van der Waals surface area contributed by atoms with Crippen LogP contribution in [0.25, 0.3) is 0 Å². The first-order valence-electron chi connectivity index (χ1n) is 10.2. The van der Waals surface area contributed by atoms with Crippen molar-refractivity contribution >= 4 is 0 Å². The minimum Gasteiger partial charge on any atom is -0.0599 e. The summed E-state index contributed by atoms with van der Waals surface area (Å²) in [6.07, 6.45) is 15.1. The van der Waals surface area contributed by atoms with E-state index in [0.29, 0.717) is 10.8 Å². The molecule has 0 saturated heterocycles. The van der Waals surface area contributed by atoms with E-state index in [2.05, 4.69) is 41.5 Å². The summed E-state index contributed by atoms with van der Waals surface area (Å²) in [6, 6.07) is 0. The molecule has 0 aromatic heterocycles. The molecule has 3 rings (SSSR count). The van der Waals surface area contributed by atoms with Gasteiger partial charge in [-0.2, -0.15) is 0 Å². The molecule has 0 N–H and O–H groups in total. The summed E-state index contributed by atoms with van der Waals surface area (Å²) in [4.78, 5) is 0. The van der Waals surface area contributed by atoms with Gasteiger partial charge in [-0.1, -0.05) is 80.1 Å². The molecule has 2 unspecified atom stereocenters. The highest BCUT2D eigenvalue weighted by molar-refractivity contribution is 4.90. The van der Waals surface area contributed by atoms with Crippen LogP contribution in [-0.4, -0.2) is 0 Å². The summed E-state index contributed by atoms with van der Waals surface area (Å²) < 4.78 is 0. The van der Waals surface area contributed by atoms with Crippen molar-refractivity contribution in [3.63, 3.8) is 0 Å². The van der Waals surface area contributed by atoms with Crippen molar-refractivity contribution in [3.05, 3.63) is 0 Å². The van der Waals surface area contributed by atoms with E-state index in [1.807, 2.05) is 0 Å². The van der Waals surface area contributed by atoms with E-state index in [4.69, 9.17) is 0 Å². The quantitative estimate of drug-likeness (QED) is 0.435. The standard InChI is InChI=1S/C13H24.C9H18/c1-13(2,3)12-8-10-6-4-5-7-11(10)9-12;1-9(2,3)8-6-4-5-7-8/h10-12H,4-9H2,1-3H3;8H,4-7H2,1-3H3. The molecule has 0 heteroatoms. The van der Waals surface area contributed by atoms with Gasteiger partial charge in [0, 0.05) is 0 Å². The van der Waals surface area contributed by atoms with Crippen molar-refractivity contribution in [1.82, 2.24) is 0 Å². The van der Waals surface area contributed by atoms with Gasteiger partial charge < -0.3 is 0 Å². The zero-order valence-corrected chi connectivity index (χ0v) is 16.4. The fourth-order valence-corrected chi connectivity index (χ4v) is 5.23. The van der Waals surface area contributed by atoms with Crippen LogP contribution >= 0.6 is 0 Å². The lowest BCUT2D eigenvalue weighted by Gasteiger charge is -2.26. The normalized spacial score (nSPS) is 33.3. The molecule has 0 heterocycles. The van der Waals surface area contributed by atoms with E-state index < -0.39 is 0 Å². The Kier molecular flexibility index (Phi) is 6.06. The summed E-state index contributed by atoms with van der Waals surface area (Å²) in [5.74, 6) is 4.24. The number of hydrogen-bond acceptors (Lipinski definition) is 0. The van der Waals surface area contributed by atoms with Gasteiger partial charge in [0.25, 0.3) is 0 Å². The van der Waals surface area contributed by atoms with Crippen molar-refractivity contribution in [2.75, 3.05) is 0 Å². The minimum absolute atomic E-state index is 0.567. The molecule has 2 atom stereocenters. The van der Waals surface area contributed by atoms with Gasteiger partial charge in [-0.3, -0.25) is 0 Å². The van der Waals surface area contributed by atoms with Crippen LogP contribution in [0.5, 0.6) is 0 Å². The van der Waals surface area contributed by atoms with Crippen LogP contribution in [0.1, 0.15) is 106 Å². The maximum Gasteiger partial charge on any atom is -0.0354 e. The lowest BCUT2D eigenvalue weighted by Crippen LogP contribution is -2.17. The van der Waals surface area contributed by atoms with E-state index in [9.17, 15) is 0 Å². The maximum absolute atomic E-state index is 2.43. The Morgan fingerprint density at radius 2 is 0.864 bits per heavy atom. The second-order valence-electron chi connectivity index (χ2n) is 10.7. The zero-order chi connectivity index (χ0) is 16.4. The Hall–Kier alpha value is 0. The van der Waals surface area contributed by atoms with Crippen LogP contribution < -0.4 is 0 Å². The summed E-state index contributed by atoms with van der Waals surface area (Å²) in [6.45, 7) is 14.4. The number of fused-ring (bicyclic) bond motifs is 1. The monoisotopic (exact) mass is 306 g/mol. The van der Waals surface area contributed by atoms with Crippen molar-refractivity contribution in [3.8, 4) is 0 Å². The molecule has 0 bridgehead atoms. The Labute approximate surface area is 140 Å². The molecular weight excluding hydrogens is 264 g/mol. The van der Waals surface area contributed by atoms with E-state index in [1.54, 1.807) is 0 Å². The summed E-state index contributed by atoms with van der Waals surface area (Å²) >= 11 is 0. The molecule has 3 aliphatic rings. The van der Waals surface area contributed by atoms with Gasteiger partial charge in [0.15, 0.2) is 0 Å². The highest BCUT2D eigenvalue weighted by Gasteiger charge is 2.40. The van der Waals surface area contributed by atoms with E-state index in [0.717, 1.165) is 23.7 Å². The van der Waals surface area contributed by atoms with Crippen molar-refractivity contribution in [2.24, 2.45) is 34.5 Å². The van der Waals surface area contributed by atoms with Crippen LogP contribution in [0, 0.1) is 34.5 Å². The largest absolute Gasteiger partial charge is 0.0599 e. The van der Waals surface area contributed by atoms with E-state index in [1.165, 1.54) is 64.2 Å². The SMILES string of the molecule is CC(C)(C)C1CC2CCCCC2C1.CC(C)(C)C1CCCC1. The Bertz CT molecular complexity index is 307. The van der Waals surface area contributed by atoms with Gasteiger partial charge in [-0.15, -0.1) is 0 Å². The molecule has 0 nitrogen and oxygen atoms in total. The van der Waals surface area contributed by atoms with E-state index >= 15 is 0 Å². The summed E-state index contributed by atoms with van der Waals surface area (Å²) in [5, 5.41) is 0. The highest BCUT2D eigenvalue weighted by Crippen LogP contribution is 2.50. The molecule has 3 aliphatic carbocycles. The van der Waals surface area contributed by atoms with Crippen LogP contribution in [0.4, 0.5) is 0 Å². The van der Waals surface area contributed by atoms with Crippen molar-refractivity contribution in [1.29, 1.82) is 0 Å². The Morgan fingerprint density at radius 3 is 1.18 bits per heavy atom. The van der Waals surface area contributed by atoms with Crippen LogP contribution in [0.3, 0.4) is 0 Å². The molecule has 3 fully saturated rings. The fourth-order valence-electron chi connectivity index (χ4n) is 5.23. The Balaban J connectivity index is 0.000000172. The third-order valence-corrected chi connectivity index (χ3v) is 7.05. The van der Waals surface area contributed by atoms with Gasteiger partial charge in [0.1, 0.15) is 0 Å². The second kappa shape index (κ2) is 7.27. The van der Waals surface area contributed by atoms with Crippen LogP contribution in [-0.2, 0) is 0 Å². The predicted molar refractivity (Wildman–Crippen MR) is 99.0 cm³/mol. The number of hydrogen-bond donors (Lipinski definition) is 0. The third-order valence-electron chi connectivity index (χ3n) is 7.05. The summed E-state index contributed by atoms with van der Waals surface area (Å²) in [7, 11) is 0. The average Bonchev–Trinajstić information content (AvgIpc) is 3.07. The molecule has 0 amide bonds. The predicted octanol–water partition coefficient (Wildman–Crippen LogP) is 7.47. The minimum atomic E-state index is 0.567. The van der Waals surface area contributed by atoms with Crippen LogP contribution in [0.15, 0.2) is 0 Å². The molecule has 0 aromatic rings. The molecular formula is C22H42. The van der Waals surface area contributed by atoms with Gasteiger partial charge in [0.05, 0.1) is 0 Å². The first-order chi connectivity index (χ1) is 10.2. The van der Waals surface area contributed by atoms with Crippen molar-refractivity contribution < 1.29 is 0 Å². The van der Waals surface area contributed by atoms with E-state index in [-0.39, 0.29) is 0 Å². The molecule has 22 heavy (non-hydrogen) atoms. The maximum atomic E-state index is 2.43. The zero-order valence-electron chi connectivity index (χ0n) is 16.4. The molecule has 130 valence electrons. The van der Waals surface area contributed by atoms with Gasteiger partial charge in [0.2, 0.25) is 0 Å². The molecule has 0 aliphatic heterocycles. The molecule has 0 aromatic carbocycles. The lowest BCUT2D eigenvalue weighted by atomic mass is 9.79. The summed E-state index contributed by atoms with van der Waals surface area (Å²) in [5.41, 5.74) is 1.15. The lowest BCUT2D eigenvalue weighted by molar-refractivity contribution is 0.236. The van der Waals surface area contributed by atoms with Gasteiger partial charge in [-0.25, -0.2) is 0 Å². The fraction of sp³-hybridized carbons (Fsp3) is 1.00. The smallest absolute Gasteiger partial charge is 0.0354 e.